The molecule has 3 aromatic rings. The largest absolute Gasteiger partial charge is 0.450 e. The summed E-state index contributed by atoms with van der Waals surface area (Å²) >= 11 is 1.76. The van der Waals surface area contributed by atoms with Crippen molar-refractivity contribution >= 4 is 39.8 Å². The molecule has 4 rings (SSSR count). The number of carbonyl (C=O) groups is 2. The molecule has 0 radical (unpaired) electrons. The van der Waals surface area contributed by atoms with Crippen LogP contribution in [0.15, 0.2) is 62.7 Å². The molecule has 11 nitrogen and oxygen atoms in total. The molecule has 202 valence electrons. The SMILES string of the molecule is CCOC(=O)N1CCN(S(=O)(=O)c2ccc(C(=O)Nc3nnc(Cc4ccc(SCC)cc4)o3)cc2)CC1. The van der Waals surface area contributed by atoms with Gasteiger partial charge in [-0.1, -0.05) is 24.2 Å². The van der Waals surface area contributed by atoms with Gasteiger partial charge in [-0.15, -0.1) is 16.9 Å². The lowest BCUT2D eigenvalue weighted by molar-refractivity contribution is 0.0933. The Kier molecular flexibility index (Phi) is 9.02. The van der Waals surface area contributed by atoms with E-state index in [4.69, 9.17) is 9.15 Å². The number of piperazine rings is 1. The van der Waals surface area contributed by atoms with Crippen LogP contribution in [0.5, 0.6) is 0 Å². The number of sulfonamides is 1. The van der Waals surface area contributed by atoms with Crippen molar-refractivity contribution in [2.45, 2.75) is 30.1 Å². The first kappa shape index (κ1) is 27.6. The van der Waals surface area contributed by atoms with Gasteiger partial charge < -0.3 is 14.1 Å². The first-order chi connectivity index (χ1) is 18.3. The molecule has 0 atom stereocenters. The molecule has 0 bridgehead atoms. The van der Waals surface area contributed by atoms with Crippen molar-refractivity contribution in [2.75, 3.05) is 43.9 Å². The molecule has 0 spiro atoms. The molecular weight excluding hydrogens is 530 g/mol. The lowest BCUT2D eigenvalue weighted by atomic mass is 10.1. The highest BCUT2D eigenvalue weighted by Crippen LogP contribution is 2.21. The predicted molar refractivity (Wildman–Crippen MR) is 142 cm³/mol. The van der Waals surface area contributed by atoms with Crippen molar-refractivity contribution in [1.29, 1.82) is 0 Å². The first-order valence-electron chi connectivity index (χ1n) is 12.2. The van der Waals surface area contributed by atoms with Crippen LogP contribution < -0.4 is 5.32 Å². The smallest absolute Gasteiger partial charge is 0.409 e. The molecule has 1 fully saturated rings. The quantitative estimate of drug-likeness (QED) is 0.391. The predicted octanol–water partition coefficient (Wildman–Crippen LogP) is 3.49. The van der Waals surface area contributed by atoms with Crippen molar-refractivity contribution < 1.29 is 27.2 Å². The number of anilines is 1. The number of benzene rings is 2. The van der Waals surface area contributed by atoms with E-state index in [1.54, 1.807) is 18.7 Å². The number of nitrogens with zero attached hydrogens (tertiary/aromatic N) is 4. The van der Waals surface area contributed by atoms with Crippen LogP contribution in [0.4, 0.5) is 10.8 Å². The van der Waals surface area contributed by atoms with E-state index in [2.05, 4.69) is 22.4 Å². The third kappa shape index (κ3) is 6.71. The molecule has 1 N–H and O–H groups in total. The van der Waals surface area contributed by atoms with Crippen molar-refractivity contribution in [3.05, 3.63) is 65.5 Å². The zero-order valence-corrected chi connectivity index (χ0v) is 22.8. The molecule has 0 unspecified atom stereocenters. The summed E-state index contributed by atoms with van der Waals surface area (Å²) in [6.45, 7) is 4.88. The summed E-state index contributed by atoms with van der Waals surface area (Å²) in [5, 5.41) is 10.4. The van der Waals surface area contributed by atoms with E-state index >= 15 is 0 Å². The highest BCUT2D eigenvalue weighted by atomic mass is 32.2. The van der Waals surface area contributed by atoms with Gasteiger partial charge in [-0.25, -0.2) is 13.2 Å². The molecule has 1 saturated heterocycles. The Morgan fingerprint density at radius 2 is 1.68 bits per heavy atom. The van der Waals surface area contributed by atoms with Crippen LogP contribution in [-0.4, -0.2) is 78.4 Å². The van der Waals surface area contributed by atoms with Crippen LogP contribution in [0.2, 0.25) is 0 Å². The van der Waals surface area contributed by atoms with Gasteiger partial charge >= 0.3 is 12.1 Å². The Morgan fingerprint density at radius 3 is 2.32 bits per heavy atom. The van der Waals surface area contributed by atoms with Gasteiger partial charge in [-0.2, -0.15) is 4.31 Å². The molecule has 1 aliphatic rings. The average Bonchev–Trinajstić information content (AvgIpc) is 3.36. The van der Waals surface area contributed by atoms with E-state index in [9.17, 15) is 18.0 Å². The number of carbonyl (C=O) groups excluding carboxylic acids is 2. The van der Waals surface area contributed by atoms with Gasteiger partial charge in [-0.05, 0) is 54.6 Å². The fourth-order valence-electron chi connectivity index (χ4n) is 3.84. The van der Waals surface area contributed by atoms with Gasteiger partial charge in [0.05, 0.1) is 17.9 Å². The van der Waals surface area contributed by atoms with Gasteiger partial charge in [0.2, 0.25) is 15.9 Å². The zero-order chi connectivity index (χ0) is 27.1. The number of nitrogens with one attached hydrogen (secondary N) is 1. The Labute approximate surface area is 225 Å². The van der Waals surface area contributed by atoms with E-state index in [-0.39, 0.29) is 49.3 Å². The van der Waals surface area contributed by atoms with E-state index in [0.29, 0.717) is 12.3 Å². The Hall–Kier alpha value is -3.42. The molecule has 0 aliphatic carbocycles. The van der Waals surface area contributed by atoms with Crippen molar-refractivity contribution in [3.8, 4) is 0 Å². The molecule has 1 aromatic heterocycles. The molecular formula is C25H29N5O6S2. The minimum absolute atomic E-state index is 0.0423. The minimum Gasteiger partial charge on any atom is -0.450 e. The second-order valence-corrected chi connectivity index (χ2v) is 11.6. The molecule has 2 heterocycles. The van der Waals surface area contributed by atoms with Gasteiger partial charge in [0.15, 0.2) is 0 Å². The lowest BCUT2D eigenvalue weighted by Crippen LogP contribution is -2.50. The maximum atomic E-state index is 13.0. The second kappa shape index (κ2) is 12.4. The molecule has 38 heavy (non-hydrogen) atoms. The van der Waals surface area contributed by atoms with Gasteiger partial charge in [0, 0.05) is 36.6 Å². The molecule has 2 amide bonds. The maximum absolute atomic E-state index is 13.0. The third-order valence-electron chi connectivity index (χ3n) is 5.80. The monoisotopic (exact) mass is 559 g/mol. The standard InChI is InChI=1S/C25H29N5O6S2/c1-3-35-25(32)29-13-15-30(16-14-29)38(33,34)21-11-7-19(8-12-21)23(31)26-24-28-27-22(36-24)17-18-5-9-20(10-6-18)37-4-2/h5-12H,3-4,13-17H2,1-2H3,(H,26,28,31). The summed E-state index contributed by atoms with van der Waals surface area (Å²) in [7, 11) is -3.78. The van der Waals surface area contributed by atoms with Crippen LogP contribution in [0.3, 0.4) is 0 Å². The Morgan fingerprint density at radius 1 is 1.00 bits per heavy atom. The number of ether oxygens (including phenoxy) is 1. The van der Waals surface area contributed by atoms with Gasteiger partial charge in [-0.3, -0.25) is 10.1 Å². The van der Waals surface area contributed by atoms with Crippen LogP contribution in [0, 0.1) is 0 Å². The van der Waals surface area contributed by atoms with E-state index in [0.717, 1.165) is 11.3 Å². The van der Waals surface area contributed by atoms with E-state index in [1.165, 1.54) is 38.4 Å². The van der Waals surface area contributed by atoms with Crippen LogP contribution in [0.25, 0.3) is 0 Å². The molecule has 2 aromatic carbocycles. The Bertz CT molecular complexity index is 1350. The topological polar surface area (TPSA) is 135 Å². The average molecular weight is 560 g/mol. The van der Waals surface area contributed by atoms with E-state index in [1.807, 2.05) is 24.3 Å². The summed E-state index contributed by atoms with van der Waals surface area (Å²) in [6.07, 6.45) is -0.0193. The lowest BCUT2D eigenvalue weighted by Gasteiger charge is -2.33. The number of thioether (sulfide) groups is 1. The van der Waals surface area contributed by atoms with Crippen LogP contribution in [-0.2, 0) is 21.2 Å². The zero-order valence-electron chi connectivity index (χ0n) is 21.1. The highest BCUT2D eigenvalue weighted by molar-refractivity contribution is 7.99. The minimum atomic E-state index is -3.78. The second-order valence-electron chi connectivity index (χ2n) is 8.32. The third-order valence-corrected chi connectivity index (χ3v) is 8.60. The number of aromatic nitrogens is 2. The highest BCUT2D eigenvalue weighted by Gasteiger charge is 2.30. The number of rotatable bonds is 9. The summed E-state index contributed by atoms with van der Waals surface area (Å²) in [6, 6.07) is 13.6. The number of hydrogen-bond acceptors (Lipinski definition) is 9. The molecule has 0 saturated carbocycles. The fraction of sp³-hybridized carbons (Fsp3) is 0.360. The summed E-state index contributed by atoms with van der Waals surface area (Å²) in [5.74, 6) is 0.856. The van der Waals surface area contributed by atoms with Crippen molar-refractivity contribution in [1.82, 2.24) is 19.4 Å². The first-order valence-corrected chi connectivity index (χ1v) is 14.6. The normalized spacial score (nSPS) is 14.3. The summed E-state index contributed by atoms with van der Waals surface area (Å²) in [4.78, 5) is 27.2. The number of amides is 2. The van der Waals surface area contributed by atoms with E-state index < -0.39 is 22.0 Å². The van der Waals surface area contributed by atoms with Crippen molar-refractivity contribution in [2.24, 2.45) is 0 Å². The summed E-state index contributed by atoms with van der Waals surface area (Å²) < 4.78 is 37.9. The van der Waals surface area contributed by atoms with Crippen molar-refractivity contribution in [3.63, 3.8) is 0 Å². The summed E-state index contributed by atoms with van der Waals surface area (Å²) in [5.41, 5.74) is 1.24. The van der Waals surface area contributed by atoms with Crippen LogP contribution in [0.1, 0.15) is 35.7 Å². The van der Waals surface area contributed by atoms with Gasteiger partial charge in [0.1, 0.15) is 0 Å². The number of hydrogen-bond donors (Lipinski definition) is 1. The maximum Gasteiger partial charge on any atom is 0.409 e. The van der Waals surface area contributed by atoms with Gasteiger partial charge in [0.25, 0.3) is 5.91 Å². The Balaban J connectivity index is 1.33. The fourth-order valence-corrected chi connectivity index (χ4v) is 5.93. The molecule has 1 aliphatic heterocycles. The molecule has 13 heteroatoms. The van der Waals surface area contributed by atoms with Crippen LogP contribution >= 0.6 is 11.8 Å².